The van der Waals surface area contributed by atoms with Crippen LogP contribution in [0.3, 0.4) is 0 Å². The SMILES string of the molecule is CCc1nn(CC)c(CC(NC)C2CCOC2CC)c1Cl. The molecule has 0 bridgehead atoms. The Labute approximate surface area is 133 Å². The van der Waals surface area contributed by atoms with Crippen molar-refractivity contribution in [3.8, 4) is 0 Å². The van der Waals surface area contributed by atoms with Gasteiger partial charge in [-0.05, 0) is 33.2 Å². The second-order valence-electron chi connectivity index (χ2n) is 5.75. The molecular formula is C16H28ClN3O. The Bertz CT molecular complexity index is 461. The van der Waals surface area contributed by atoms with Crippen LogP contribution >= 0.6 is 11.6 Å². The summed E-state index contributed by atoms with van der Waals surface area (Å²) in [4.78, 5) is 0. The largest absolute Gasteiger partial charge is 0.378 e. The zero-order valence-electron chi connectivity index (χ0n) is 13.7. The van der Waals surface area contributed by atoms with Crippen molar-refractivity contribution in [3.63, 3.8) is 0 Å². The standard InChI is InChI=1S/C16H28ClN3O/c1-5-12-16(17)14(20(7-3)19-12)10-13(18-4)11-8-9-21-15(11)6-2/h11,13,15,18H,5-10H2,1-4H3. The van der Waals surface area contributed by atoms with Gasteiger partial charge in [-0.1, -0.05) is 25.4 Å². The monoisotopic (exact) mass is 313 g/mol. The van der Waals surface area contributed by atoms with Gasteiger partial charge in [-0.3, -0.25) is 4.68 Å². The van der Waals surface area contributed by atoms with E-state index in [1.165, 1.54) is 0 Å². The van der Waals surface area contributed by atoms with Gasteiger partial charge in [0.25, 0.3) is 0 Å². The van der Waals surface area contributed by atoms with E-state index in [4.69, 9.17) is 16.3 Å². The molecule has 1 aromatic rings. The van der Waals surface area contributed by atoms with Crippen LogP contribution in [0, 0.1) is 5.92 Å². The molecule has 0 aromatic carbocycles. The van der Waals surface area contributed by atoms with E-state index in [0.717, 1.165) is 55.2 Å². The Balaban J connectivity index is 2.20. The van der Waals surface area contributed by atoms with Crippen molar-refractivity contribution >= 4 is 11.6 Å². The van der Waals surface area contributed by atoms with E-state index in [9.17, 15) is 0 Å². The molecule has 1 N–H and O–H groups in total. The second kappa shape index (κ2) is 7.61. The van der Waals surface area contributed by atoms with Crippen LogP contribution in [-0.4, -0.2) is 35.6 Å². The van der Waals surface area contributed by atoms with Crippen LogP contribution in [0.25, 0.3) is 0 Å². The maximum atomic E-state index is 6.54. The lowest BCUT2D eigenvalue weighted by molar-refractivity contribution is 0.0781. The third-order valence-electron chi connectivity index (χ3n) is 4.66. The van der Waals surface area contributed by atoms with Gasteiger partial charge in [-0.15, -0.1) is 0 Å². The van der Waals surface area contributed by atoms with Crippen LogP contribution in [0.15, 0.2) is 0 Å². The van der Waals surface area contributed by atoms with E-state index in [-0.39, 0.29) is 0 Å². The highest BCUT2D eigenvalue weighted by Gasteiger charge is 2.34. The number of rotatable bonds is 7. The molecule has 2 rings (SSSR count). The van der Waals surface area contributed by atoms with Gasteiger partial charge in [-0.25, -0.2) is 0 Å². The van der Waals surface area contributed by atoms with Crippen molar-refractivity contribution in [2.45, 2.75) is 65.1 Å². The lowest BCUT2D eigenvalue weighted by Crippen LogP contribution is -2.40. The smallest absolute Gasteiger partial charge is 0.0850 e. The molecule has 21 heavy (non-hydrogen) atoms. The molecule has 0 radical (unpaired) electrons. The molecule has 1 fully saturated rings. The van der Waals surface area contributed by atoms with E-state index < -0.39 is 0 Å². The van der Waals surface area contributed by atoms with Crippen molar-refractivity contribution in [1.82, 2.24) is 15.1 Å². The molecule has 4 nitrogen and oxygen atoms in total. The summed E-state index contributed by atoms with van der Waals surface area (Å²) >= 11 is 6.54. The van der Waals surface area contributed by atoms with Crippen LogP contribution in [0.4, 0.5) is 0 Å². The molecular weight excluding hydrogens is 286 g/mol. The third kappa shape index (κ3) is 3.43. The van der Waals surface area contributed by atoms with Crippen LogP contribution < -0.4 is 5.32 Å². The zero-order chi connectivity index (χ0) is 15.4. The van der Waals surface area contributed by atoms with Crippen LogP contribution in [0.1, 0.15) is 45.0 Å². The predicted molar refractivity (Wildman–Crippen MR) is 87.0 cm³/mol. The molecule has 0 spiro atoms. The molecule has 1 aromatic heterocycles. The summed E-state index contributed by atoms with van der Waals surface area (Å²) in [6.45, 7) is 8.17. The summed E-state index contributed by atoms with van der Waals surface area (Å²) in [6, 6.07) is 0.390. The molecule has 3 unspecified atom stereocenters. The fraction of sp³-hybridized carbons (Fsp3) is 0.812. The van der Waals surface area contributed by atoms with Crippen LogP contribution in [0.2, 0.25) is 5.02 Å². The molecule has 0 aliphatic carbocycles. The first kappa shape index (κ1) is 16.8. The van der Waals surface area contributed by atoms with E-state index >= 15 is 0 Å². The summed E-state index contributed by atoms with van der Waals surface area (Å²) in [5.41, 5.74) is 2.18. The van der Waals surface area contributed by atoms with Crippen molar-refractivity contribution in [2.24, 2.45) is 5.92 Å². The van der Waals surface area contributed by atoms with E-state index in [0.29, 0.717) is 18.1 Å². The number of halogens is 1. The number of nitrogens with one attached hydrogen (secondary N) is 1. The topological polar surface area (TPSA) is 39.1 Å². The van der Waals surface area contributed by atoms with E-state index in [2.05, 4.69) is 35.9 Å². The Morgan fingerprint density at radius 2 is 2.19 bits per heavy atom. The molecule has 5 heteroatoms. The molecule has 0 saturated carbocycles. The maximum Gasteiger partial charge on any atom is 0.0850 e. The second-order valence-corrected chi connectivity index (χ2v) is 6.12. The van der Waals surface area contributed by atoms with Crippen molar-refractivity contribution in [2.75, 3.05) is 13.7 Å². The van der Waals surface area contributed by atoms with E-state index in [1.54, 1.807) is 0 Å². The van der Waals surface area contributed by atoms with Gasteiger partial charge < -0.3 is 10.1 Å². The summed E-state index contributed by atoms with van der Waals surface area (Å²) in [7, 11) is 2.04. The molecule has 120 valence electrons. The Morgan fingerprint density at radius 3 is 2.76 bits per heavy atom. The van der Waals surface area contributed by atoms with Gasteiger partial charge in [0.15, 0.2) is 0 Å². The van der Waals surface area contributed by atoms with Gasteiger partial charge in [0.05, 0.1) is 22.5 Å². The minimum Gasteiger partial charge on any atom is -0.378 e. The number of aromatic nitrogens is 2. The van der Waals surface area contributed by atoms with Crippen LogP contribution in [-0.2, 0) is 24.1 Å². The minimum absolute atomic E-state index is 0.366. The number of hydrogen-bond acceptors (Lipinski definition) is 3. The summed E-state index contributed by atoms with van der Waals surface area (Å²) in [5, 5.41) is 8.96. The molecule has 1 aliphatic rings. The average Bonchev–Trinajstić information content (AvgIpc) is 3.09. The molecule has 0 amide bonds. The van der Waals surface area contributed by atoms with Gasteiger partial charge in [0, 0.05) is 31.5 Å². The summed E-state index contributed by atoms with van der Waals surface area (Å²) in [5.74, 6) is 0.557. The highest BCUT2D eigenvalue weighted by atomic mass is 35.5. The fourth-order valence-electron chi connectivity index (χ4n) is 3.43. The van der Waals surface area contributed by atoms with Gasteiger partial charge in [0.1, 0.15) is 0 Å². The van der Waals surface area contributed by atoms with Gasteiger partial charge in [-0.2, -0.15) is 5.10 Å². The Hall–Kier alpha value is -0.580. The molecule has 2 heterocycles. The highest BCUT2D eigenvalue weighted by Crippen LogP contribution is 2.30. The number of ether oxygens (including phenoxy) is 1. The van der Waals surface area contributed by atoms with Crippen molar-refractivity contribution in [3.05, 3.63) is 16.4 Å². The first-order chi connectivity index (χ1) is 10.2. The number of aryl methyl sites for hydroxylation is 2. The average molecular weight is 314 g/mol. The Morgan fingerprint density at radius 1 is 1.43 bits per heavy atom. The van der Waals surface area contributed by atoms with Gasteiger partial charge >= 0.3 is 0 Å². The van der Waals surface area contributed by atoms with Crippen molar-refractivity contribution < 1.29 is 4.74 Å². The lowest BCUT2D eigenvalue weighted by atomic mass is 9.88. The third-order valence-corrected chi connectivity index (χ3v) is 5.09. The normalized spacial score (nSPS) is 23.7. The molecule has 1 saturated heterocycles. The summed E-state index contributed by atoms with van der Waals surface area (Å²) < 4.78 is 7.91. The number of likely N-dealkylation sites (N-methyl/N-ethyl adjacent to an activating group) is 1. The Kier molecular flexibility index (Phi) is 6.08. The minimum atomic E-state index is 0.366. The molecule has 1 aliphatic heterocycles. The molecule has 3 atom stereocenters. The zero-order valence-corrected chi connectivity index (χ0v) is 14.4. The maximum absolute atomic E-state index is 6.54. The fourth-order valence-corrected chi connectivity index (χ4v) is 3.78. The van der Waals surface area contributed by atoms with Gasteiger partial charge in [0.2, 0.25) is 0 Å². The summed E-state index contributed by atoms with van der Waals surface area (Å²) in [6.07, 6.45) is 4.37. The number of hydrogen-bond donors (Lipinski definition) is 1. The van der Waals surface area contributed by atoms with E-state index in [1.807, 2.05) is 7.05 Å². The quantitative estimate of drug-likeness (QED) is 0.841. The van der Waals surface area contributed by atoms with Crippen LogP contribution in [0.5, 0.6) is 0 Å². The number of nitrogens with zero attached hydrogens (tertiary/aromatic N) is 2. The highest BCUT2D eigenvalue weighted by molar-refractivity contribution is 6.31. The predicted octanol–water partition coefficient (Wildman–Crippen LogP) is 3.06. The first-order valence-corrected chi connectivity index (χ1v) is 8.56. The van der Waals surface area contributed by atoms with Crippen molar-refractivity contribution in [1.29, 1.82) is 0 Å². The lowest BCUT2D eigenvalue weighted by Gasteiger charge is -2.27. The first-order valence-electron chi connectivity index (χ1n) is 8.19.